The molecule has 1 aliphatic rings. The molecule has 0 spiro atoms. The number of hydrogen-bond donors (Lipinski definition) is 8. The Labute approximate surface area is 474 Å². The van der Waals surface area contributed by atoms with Gasteiger partial charge in [0.1, 0.15) is 36.6 Å². The SMILES string of the molecule is CCCCCCCCCCCCCCCCCCCC/C=C/CC/C=C/CCCC(O)C(O)C(COC1OC(CO)C(O)C(O)C1O)NC(=O)C(O)CCCCCCCCCCCCCCCCCCCCCCCCC. The average molecular weight is 1090 g/mol. The fraction of sp³-hybridized carbons (Fsp3) is 0.924. The van der Waals surface area contributed by atoms with Crippen LogP contribution in [0.15, 0.2) is 24.3 Å². The van der Waals surface area contributed by atoms with E-state index in [4.69, 9.17) is 9.47 Å². The third-order valence-electron chi connectivity index (χ3n) is 16.2. The molecule has 456 valence electrons. The van der Waals surface area contributed by atoms with Crippen LogP contribution >= 0.6 is 0 Å². The molecule has 1 heterocycles. The van der Waals surface area contributed by atoms with Crippen molar-refractivity contribution in [3.05, 3.63) is 24.3 Å². The van der Waals surface area contributed by atoms with Gasteiger partial charge in [-0.05, 0) is 51.4 Å². The number of unbranched alkanes of at least 4 members (excludes halogenated alkanes) is 42. The zero-order valence-electron chi connectivity index (χ0n) is 50.2. The molecule has 11 heteroatoms. The lowest BCUT2D eigenvalue weighted by molar-refractivity contribution is -0.303. The molecule has 0 aromatic heterocycles. The van der Waals surface area contributed by atoms with Crippen molar-refractivity contribution in [2.45, 2.75) is 377 Å². The summed E-state index contributed by atoms with van der Waals surface area (Å²) in [6.07, 6.45) is 56.8. The van der Waals surface area contributed by atoms with E-state index in [1.807, 2.05) is 0 Å². The van der Waals surface area contributed by atoms with Crippen molar-refractivity contribution >= 4 is 5.91 Å². The minimum absolute atomic E-state index is 0.249. The fourth-order valence-electron chi connectivity index (χ4n) is 10.9. The third kappa shape index (κ3) is 43.0. The first-order valence-corrected chi connectivity index (χ1v) is 33.2. The molecule has 0 radical (unpaired) electrons. The second kappa shape index (κ2) is 55.1. The number of carbonyl (C=O) groups excluding carboxylic acids is 1. The summed E-state index contributed by atoms with van der Waals surface area (Å²) in [5.74, 6) is -0.704. The Morgan fingerprint density at radius 3 is 1.16 bits per heavy atom. The predicted molar refractivity (Wildman–Crippen MR) is 321 cm³/mol. The number of allylic oxidation sites excluding steroid dienone is 4. The summed E-state index contributed by atoms with van der Waals surface area (Å²) >= 11 is 0. The van der Waals surface area contributed by atoms with Crippen molar-refractivity contribution in [1.82, 2.24) is 5.32 Å². The van der Waals surface area contributed by atoms with Gasteiger partial charge in [-0.15, -0.1) is 0 Å². The lowest BCUT2D eigenvalue weighted by Gasteiger charge is -2.40. The van der Waals surface area contributed by atoms with Gasteiger partial charge in [-0.25, -0.2) is 0 Å². The van der Waals surface area contributed by atoms with E-state index in [1.54, 1.807) is 0 Å². The highest BCUT2D eigenvalue weighted by Gasteiger charge is 2.44. The number of aliphatic hydroxyl groups is 7. The van der Waals surface area contributed by atoms with Gasteiger partial charge in [0, 0.05) is 0 Å². The van der Waals surface area contributed by atoms with E-state index in [1.165, 1.54) is 238 Å². The molecule has 1 rings (SSSR count). The second-order valence-electron chi connectivity index (χ2n) is 23.5. The molecular formula is C66H127NO10. The van der Waals surface area contributed by atoms with Crippen LogP contribution in [-0.4, -0.2) is 110 Å². The van der Waals surface area contributed by atoms with Gasteiger partial charge >= 0.3 is 0 Å². The first kappa shape index (κ1) is 73.6. The molecular weight excluding hydrogens is 967 g/mol. The van der Waals surface area contributed by atoms with Crippen LogP contribution in [0.3, 0.4) is 0 Å². The van der Waals surface area contributed by atoms with E-state index >= 15 is 0 Å². The Hall–Kier alpha value is -1.41. The van der Waals surface area contributed by atoms with Crippen LogP contribution in [0.4, 0.5) is 0 Å². The van der Waals surface area contributed by atoms with Crippen LogP contribution in [-0.2, 0) is 14.3 Å². The minimum Gasteiger partial charge on any atom is -0.394 e. The maximum atomic E-state index is 13.2. The fourth-order valence-corrected chi connectivity index (χ4v) is 10.9. The lowest BCUT2D eigenvalue weighted by Crippen LogP contribution is -2.60. The molecule has 9 unspecified atom stereocenters. The average Bonchev–Trinajstić information content (AvgIpc) is 3.43. The number of amides is 1. The molecule has 1 aliphatic heterocycles. The van der Waals surface area contributed by atoms with E-state index in [2.05, 4.69) is 43.5 Å². The molecule has 77 heavy (non-hydrogen) atoms. The largest absolute Gasteiger partial charge is 0.394 e. The van der Waals surface area contributed by atoms with E-state index in [0.717, 1.165) is 38.5 Å². The van der Waals surface area contributed by atoms with Gasteiger partial charge in [0.25, 0.3) is 0 Å². The Kier molecular flexibility index (Phi) is 52.7. The monoisotopic (exact) mass is 1090 g/mol. The Morgan fingerprint density at radius 2 is 0.779 bits per heavy atom. The van der Waals surface area contributed by atoms with E-state index in [9.17, 15) is 40.5 Å². The number of aliphatic hydroxyl groups excluding tert-OH is 7. The highest BCUT2D eigenvalue weighted by molar-refractivity contribution is 5.80. The summed E-state index contributed by atoms with van der Waals surface area (Å²) in [6.45, 7) is 3.49. The summed E-state index contributed by atoms with van der Waals surface area (Å²) in [5, 5.41) is 76.4. The number of nitrogens with one attached hydrogen (secondary N) is 1. The van der Waals surface area contributed by atoms with Crippen LogP contribution in [0.5, 0.6) is 0 Å². The van der Waals surface area contributed by atoms with Gasteiger partial charge in [0.05, 0.1) is 25.4 Å². The topological polar surface area (TPSA) is 189 Å². The Balaban J connectivity index is 2.26. The van der Waals surface area contributed by atoms with Gasteiger partial charge in [0.2, 0.25) is 5.91 Å². The van der Waals surface area contributed by atoms with Gasteiger partial charge in [0.15, 0.2) is 6.29 Å². The summed E-state index contributed by atoms with van der Waals surface area (Å²) in [5.41, 5.74) is 0. The van der Waals surface area contributed by atoms with Gasteiger partial charge in [-0.1, -0.05) is 295 Å². The van der Waals surface area contributed by atoms with Crippen LogP contribution < -0.4 is 5.32 Å². The molecule has 1 fully saturated rings. The quantitative estimate of drug-likeness (QED) is 0.0215. The van der Waals surface area contributed by atoms with E-state index in [-0.39, 0.29) is 12.8 Å². The standard InChI is InChI=1S/C66H127NO10/c1-3-5-7-9-11-13-15-17-19-21-23-25-27-28-29-30-32-33-35-37-39-41-43-45-47-49-51-53-58(69)61(71)57(56-76-66-64(74)63(73)62(72)60(55-68)77-66)67-65(75)59(70)54-52-50-48-46-44-42-40-38-36-34-31-26-24-22-20-18-16-14-12-10-8-6-4-2/h37,39,45,47,57-64,66,68-74H,3-36,38,40-44,46,48-56H2,1-2H3,(H,67,75)/b39-37+,47-45+. The van der Waals surface area contributed by atoms with E-state index < -0.39 is 74.2 Å². The molecule has 0 bridgehead atoms. The highest BCUT2D eigenvalue weighted by Crippen LogP contribution is 2.24. The summed E-state index contributed by atoms with van der Waals surface area (Å²) in [6, 6.07) is -1.19. The maximum Gasteiger partial charge on any atom is 0.249 e. The first-order valence-electron chi connectivity index (χ1n) is 33.2. The number of ether oxygens (including phenoxy) is 2. The second-order valence-corrected chi connectivity index (χ2v) is 23.5. The van der Waals surface area contributed by atoms with Crippen molar-refractivity contribution in [3.63, 3.8) is 0 Å². The Bertz CT molecular complexity index is 1300. The molecule has 0 saturated carbocycles. The smallest absolute Gasteiger partial charge is 0.249 e. The number of carbonyl (C=O) groups is 1. The molecule has 0 aromatic rings. The maximum absolute atomic E-state index is 13.2. The normalized spacial score (nSPS) is 19.6. The molecule has 1 saturated heterocycles. The number of hydrogen-bond acceptors (Lipinski definition) is 10. The van der Waals surface area contributed by atoms with Gasteiger partial charge in [-0.2, -0.15) is 0 Å². The van der Waals surface area contributed by atoms with Crippen molar-refractivity contribution in [2.75, 3.05) is 13.2 Å². The van der Waals surface area contributed by atoms with Crippen LogP contribution in [0.1, 0.15) is 322 Å². The van der Waals surface area contributed by atoms with Gasteiger partial charge in [-0.3, -0.25) is 4.79 Å². The van der Waals surface area contributed by atoms with Crippen molar-refractivity contribution < 1.29 is 50.0 Å². The van der Waals surface area contributed by atoms with Gasteiger partial charge < -0.3 is 50.5 Å². The highest BCUT2D eigenvalue weighted by atomic mass is 16.7. The van der Waals surface area contributed by atoms with Crippen molar-refractivity contribution in [1.29, 1.82) is 0 Å². The van der Waals surface area contributed by atoms with Crippen LogP contribution in [0.25, 0.3) is 0 Å². The van der Waals surface area contributed by atoms with E-state index in [0.29, 0.717) is 19.3 Å². The Morgan fingerprint density at radius 1 is 0.442 bits per heavy atom. The van der Waals surface area contributed by atoms with Crippen LogP contribution in [0, 0.1) is 0 Å². The molecule has 11 nitrogen and oxygen atoms in total. The predicted octanol–water partition coefficient (Wildman–Crippen LogP) is 15.2. The number of rotatable bonds is 58. The minimum atomic E-state index is -1.67. The summed E-state index contributed by atoms with van der Waals surface area (Å²) < 4.78 is 11.2. The summed E-state index contributed by atoms with van der Waals surface area (Å²) in [4.78, 5) is 13.2. The molecule has 0 aromatic carbocycles. The van der Waals surface area contributed by atoms with Crippen molar-refractivity contribution in [3.8, 4) is 0 Å². The molecule has 8 N–H and O–H groups in total. The summed E-state index contributed by atoms with van der Waals surface area (Å²) in [7, 11) is 0. The first-order chi connectivity index (χ1) is 37.7. The zero-order chi connectivity index (χ0) is 56.1. The lowest BCUT2D eigenvalue weighted by atomic mass is 9.98. The van der Waals surface area contributed by atoms with Crippen LogP contribution in [0.2, 0.25) is 0 Å². The third-order valence-corrected chi connectivity index (χ3v) is 16.2. The van der Waals surface area contributed by atoms with Crippen molar-refractivity contribution in [2.24, 2.45) is 0 Å². The zero-order valence-corrected chi connectivity index (χ0v) is 50.2. The molecule has 9 atom stereocenters. The molecule has 1 amide bonds. The molecule has 0 aliphatic carbocycles.